The van der Waals surface area contributed by atoms with Gasteiger partial charge in [-0.1, -0.05) is 48.0 Å². The highest BCUT2D eigenvalue weighted by atomic mass is 35.5. The Labute approximate surface area is 210 Å². The van der Waals surface area contributed by atoms with Gasteiger partial charge in [-0.2, -0.15) is 8.78 Å². The van der Waals surface area contributed by atoms with E-state index >= 15 is 0 Å². The first-order valence-electron chi connectivity index (χ1n) is 11.0. The van der Waals surface area contributed by atoms with Gasteiger partial charge in [-0.3, -0.25) is 14.8 Å². The molecule has 0 spiro atoms. The van der Waals surface area contributed by atoms with Gasteiger partial charge in [-0.15, -0.1) is 0 Å². The first-order chi connectivity index (χ1) is 17.1. The first kappa shape index (κ1) is 25.3. The molecule has 4 rings (SSSR count). The standard InChI is InChI=1S/C27H21ClF3N3O2/c1-16(35)27(30,31)19-6-2-17(3-7-19)14-24(36)34-21-9-4-18(5-10-21)25-26(33-13-12-32-25)22-11-8-20(29)15-23(22)28/h2-13,15-16,35H,14H2,1H3,(H,34,36). The van der Waals surface area contributed by atoms with Gasteiger partial charge in [-0.05, 0) is 42.8 Å². The molecule has 0 saturated heterocycles. The molecule has 0 radical (unpaired) electrons. The minimum atomic E-state index is -3.37. The fourth-order valence-corrected chi connectivity index (χ4v) is 3.87. The lowest BCUT2D eigenvalue weighted by atomic mass is 10.0. The smallest absolute Gasteiger partial charge is 0.298 e. The number of alkyl halides is 2. The minimum absolute atomic E-state index is 0.0142. The van der Waals surface area contributed by atoms with Crippen molar-refractivity contribution in [3.05, 3.63) is 101 Å². The number of benzene rings is 3. The predicted octanol–water partition coefficient (Wildman–Crippen LogP) is 6.26. The lowest BCUT2D eigenvalue weighted by Gasteiger charge is -2.19. The second-order valence-corrected chi connectivity index (χ2v) is 8.58. The summed E-state index contributed by atoms with van der Waals surface area (Å²) < 4.78 is 41.3. The minimum Gasteiger partial charge on any atom is -0.387 e. The Bertz CT molecular complexity index is 1380. The van der Waals surface area contributed by atoms with Crippen LogP contribution in [0.5, 0.6) is 0 Å². The van der Waals surface area contributed by atoms with E-state index in [1.807, 2.05) is 0 Å². The summed E-state index contributed by atoms with van der Waals surface area (Å²) >= 11 is 6.21. The van der Waals surface area contributed by atoms with E-state index in [2.05, 4.69) is 15.3 Å². The summed E-state index contributed by atoms with van der Waals surface area (Å²) in [6.07, 6.45) is 1.22. The molecule has 0 fully saturated rings. The molecule has 5 nitrogen and oxygen atoms in total. The molecular formula is C27H21ClF3N3O2. The number of aromatic nitrogens is 2. The van der Waals surface area contributed by atoms with Gasteiger partial charge in [0.05, 0.1) is 22.8 Å². The molecule has 0 saturated carbocycles. The Kier molecular flexibility index (Phi) is 7.37. The van der Waals surface area contributed by atoms with Crippen molar-refractivity contribution in [3.63, 3.8) is 0 Å². The van der Waals surface area contributed by atoms with Crippen LogP contribution in [0.25, 0.3) is 22.5 Å². The molecule has 1 amide bonds. The van der Waals surface area contributed by atoms with Crippen molar-refractivity contribution in [1.82, 2.24) is 9.97 Å². The second kappa shape index (κ2) is 10.5. The number of rotatable bonds is 7. The van der Waals surface area contributed by atoms with Gasteiger partial charge in [0.15, 0.2) is 0 Å². The molecule has 1 heterocycles. The van der Waals surface area contributed by atoms with Crippen molar-refractivity contribution in [2.24, 2.45) is 0 Å². The van der Waals surface area contributed by atoms with Crippen LogP contribution in [0.4, 0.5) is 18.9 Å². The van der Waals surface area contributed by atoms with Crippen LogP contribution in [0, 0.1) is 5.82 Å². The lowest BCUT2D eigenvalue weighted by molar-refractivity contribution is -0.115. The van der Waals surface area contributed by atoms with E-state index in [-0.39, 0.29) is 22.9 Å². The molecule has 0 bridgehead atoms. The zero-order valence-electron chi connectivity index (χ0n) is 19.1. The summed E-state index contributed by atoms with van der Waals surface area (Å²) in [6.45, 7) is 1.02. The van der Waals surface area contributed by atoms with Crippen LogP contribution in [0.2, 0.25) is 5.02 Å². The molecule has 4 aromatic rings. The zero-order chi connectivity index (χ0) is 25.9. The van der Waals surface area contributed by atoms with Crippen molar-refractivity contribution in [3.8, 4) is 22.5 Å². The third-order valence-corrected chi connectivity index (χ3v) is 5.87. The Hall–Kier alpha value is -3.75. The second-order valence-electron chi connectivity index (χ2n) is 8.18. The van der Waals surface area contributed by atoms with Crippen molar-refractivity contribution in [2.45, 2.75) is 25.4 Å². The molecule has 1 aromatic heterocycles. The maximum absolute atomic E-state index is 13.9. The maximum atomic E-state index is 13.9. The van der Waals surface area contributed by atoms with E-state index in [1.54, 1.807) is 24.3 Å². The Balaban J connectivity index is 1.46. The van der Waals surface area contributed by atoms with Gasteiger partial charge < -0.3 is 10.4 Å². The molecule has 36 heavy (non-hydrogen) atoms. The molecule has 184 valence electrons. The molecule has 3 aromatic carbocycles. The SMILES string of the molecule is CC(O)C(F)(F)c1ccc(CC(=O)Nc2ccc(-c3nccnc3-c3ccc(F)cc3Cl)cc2)cc1. The summed E-state index contributed by atoms with van der Waals surface area (Å²) in [4.78, 5) is 21.2. The number of carbonyl (C=O) groups excluding carboxylic acids is 1. The highest BCUT2D eigenvalue weighted by Crippen LogP contribution is 2.34. The number of aliphatic hydroxyl groups excluding tert-OH is 1. The van der Waals surface area contributed by atoms with Gasteiger partial charge in [-0.25, -0.2) is 4.39 Å². The molecule has 0 aliphatic carbocycles. The molecule has 9 heteroatoms. The topological polar surface area (TPSA) is 75.1 Å². The largest absolute Gasteiger partial charge is 0.387 e. The van der Waals surface area contributed by atoms with Gasteiger partial charge in [0, 0.05) is 34.8 Å². The van der Waals surface area contributed by atoms with E-state index in [0.717, 1.165) is 6.92 Å². The van der Waals surface area contributed by atoms with Crippen LogP contribution in [0.3, 0.4) is 0 Å². The summed E-state index contributed by atoms with van der Waals surface area (Å²) in [5.74, 6) is -4.15. The number of aliphatic hydroxyl groups is 1. The number of halogens is 4. The maximum Gasteiger partial charge on any atom is 0.298 e. The fourth-order valence-electron chi connectivity index (χ4n) is 3.62. The van der Waals surface area contributed by atoms with Crippen LogP contribution >= 0.6 is 11.6 Å². The van der Waals surface area contributed by atoms with Crippen molar-refractivity contribution < 1.29 is 23.1 Å². The van der Waals surface area contributed by atoms with Gasteiger partial charge >= 0.3 is 0 Å². The molecule has 2 N–H and O–H groups in total. The molecule has 1 unspecified atom stereocenters. The van der Waals surface area contributed by atoms with E-state index < -0.39 is 17.8 Å². The average molecular weight is 512 g/mol. The van der Waals surface area contributed by atoms with Gasteiger partial charge in [0.1, 0.15) is 11.9 Å². The monoisotopic (exact) mass is 511 g/mol. The third-order valence-electron chi connectivity index (χ3n) is 5.55. The van der Waals surface area contributed by atoms with E-state index in [4.69, 9.17) is 11.6 Å². The summed E-state index contributed by atoms with van der Waals surface area (Å²) in [5, 5.41) is 12.2. The summed E-state index contributed by atoms with van der Waals surface area (Å²) in [7, 11) is 0. The van der Waals surface area contributed by atoms with E-state index in [9.17, 15) is 23.1 Å². The van der Waals surface area contributed by atoms with Crippen molar-refractivity contribution in [2.75, 3.05) is 5.32 Å². The quantitative estimate of drug-likeness (QED) is 0.307. The summed E-state index contributed by atoms with van der Waals surface area (Å²) in [5.41, 5.74) is 3.05. The van der Waals surface area contributed by atoms with E-state index in [1.165, 1.54) is 54.9 Å². The Morgan fingerprint density at radius 3 is 2.25 bits per heavy atom. The normalized spacial score (nSPS) is 12.3. The van der Waals surface area contributed by atoms with Gasteiger partial charge in [0.2, 0.25) is 5.91 Å². The Morgan fingerprint density at radius 1 is 1.00 bits per heavy atom. The van der Waals surface area contributed by atoms with Crippen LogP contribution in [0.1, 0.15) is 18.1 Å². The number of amides is 1. The first-order valence-corrected chi connectivity index (χ1v) is 11.3. The van der Waals surface area contributed by atoms with Gasteiger partial charge in [0.25, 0.3) is 5.92 Å². The van der Waals surface area contributed by atoms with E-state index in [0.29, 0.717) is 33.8 Å². The zero-order valence-corrected chi connectivity index (χ0v) is 19.8. The molecule has 0 aliphatic rings. The number of nitrogens with zero attached hydrogens (tertiary/aromatic N) is 2. The lowest BCUT2D eigenvalue weighted by Crippen LogP contribution is -2.27. The number of hydrogen-bond acceptors (Lipinski definition) is 4. The fraction of sp³-hybridized carbons (Fsp3) is 0.148. The number of hydrogen-bond donors (Lipinski definition) is 2. The van der Waals surface area contributed by atoms with Crippen LogP contribution in [0.15, 0.2) is 79.1 Å². The van der Waals surface area contributed by atoms with Crippen LogP contribution in [-0.4, -0.2) is 27.1 Å². The highest BCUT2D eigenvalue weighted by Gasteiger charge is 2.37. The number of nitrogens with one attached hydrogen (secondary N) is 1. The number of anilines is 1. The third kappa shape index (κ3) is 5.56. The van der Waals surface area contributed by atoms with Crippen molar-refractivity contribution >= 4 is 23.2 Å². The van der Waals surface area contributed by atoms with Crippen LogP contribution in [-0.2, 0) is 17.1 Å². The van der Waals surface area contributed by atoms with Crippen LogP contribution < -0.4 is 5.32 Å². The predicted molar refractivity (Wildman–Crippen MR) is 132 cm³/mol. The summed E-state index contributed by atoms with van der Waals surface area (Å²) in [6, 6.07) is 16.2. The number of carbonyl (C=O) groups is 1. The molecule has 1 atom stereocenters. The highest BCUT2D eigenvalue weighted by molar-refractivity contribution is 6.33. The van der Waals surface area contributed by atoms with Crippen molar-refractivity contribution in [1.29, 1.82) is 0 Å². The average Bonchev–Trinajstić information content (AvgIpc) is 2.85. The Morgan fingerprint density at radius 2 is 1.64 bits per heavy atom. The molecular weight excluding hydrogens is 491 g/mol. The molecule has 0 aliphatic heterocycles.